The number of hydrogen-bond acceptors (Lipinski definition) is 6. The van der Waals surface area contributed by atoms with E-state index in [2.05, 4.69) is 49.9 Å². The molecule has 2 heterocycles. The van der Waals surface area contributed by atoms with Gasteiger partial charge in [0.05, 0.1) is 19.3 Å². The first-order chi connectivity index (χ1) is 19.0. The molecule has 8 heteroatoms. The van der Waals surface area contributed by atoms with E-state index in [1.807, 2.05) is 19.1 Å². The number of fused-ring (bicyclic) bond motifs is 2. The van der Waals surface area contributed by atoms with Crippen molar-refractivity contribution in [2.75, 3.05) is 39.3 Å². The highest BCUT2D eigenvalue weighted by atomic mass is 19.3. The quantitative estimate of drug-likeness (QED) is 0.328. The van der Waals surface area contributed by atoms with Gasteiger partial charge in [0.2, 0.25) is 0 Å². The summed E-state index contributed by atoms with van der Waals surface area (Å²) < 4.78 is 42.4. The summed E-state index contributed by atoms with van der Waals surface area (Å²) in [5.74, 6) is 1.17. The van der Waals surface area contributed by atoms with Crippen LogP contribution < -0.4 is 19.1 Å². The zero-order valence-corrected chi connectivity index (χ0v) is 24.3. The summed E-state index contributed by atoms with van der Waals surface area (Å²) in [4.78, 5) is 9.66. The van der Waals surface area contributed by atoms with Crippen LogP contribution in [0.1, 0.15) is 48.3 Å². The molecule has 40 heavy (non-hydrogen) atoms. The van der Waals surface area contributed by atoms with Crippen LogP contribution in [0, 0.1) is 12.3 Å². The first-order valence-electron chi connectivity index (χ1n) is 13.8. The molecule has 1 aromatic heterocycles. The molecule has 5 rings (SSSR count). The molecule has 0 N–H and O–H groups in total. The second-order valence-electron chi connectivity index (χ2n) is 11.9. The van der Waals surface area contributed by atoms with Gasteiger partial charge in [0, 0.05) is 30.0 Å². The Morgan fingerprint density at radius 2 is 1.90 bits per heavy atom. The summed E-state index contributed by atoms with van der Waals surface area (Å²) in [6, 6.07) is 11.5. The van der Waals surface area contributed by atoms with Crippen LogP contribution in [-0.2, 0) is 25.9 Å². The van der Waals surface area contributed by atoms with Gasteiger partial charge in [0.15, 0.2) is 11.5 Å². The normalized spacial score (nSPS) is 16.3. The van der Waals surface area contributed by atoms with Crippen molar-refractivity contribution in [1.82, 2.24) is 9.88 Å². The molecule has 0 amide bonds. The Labute approximate surface area is 235 Å². The number of hydrogen-bond donors (Lipinski definition) is 0. The van der Waals surface area contributed by atoms with Crippen LogP contribution in [0.3, 0.4) is 0 Å². The zero-order valence-electron chi connectivity index (χ0n) is 24.3. The van der Waals surface area contributed by atoms with Gasteiger partial charge in [-0.3, -0.25) is 4.98 Å². The van der Waals surface area contributed by atoms with Crippen molar-refractivity contribution in [3.8, 4) is 28.4 Å². The van der Waals surface area contributed by atoms with Gasteiger partial charge in [0.1, 0.15) is 12.4 Å². The third-order valence-corrected chi connectivity index (χ3v) is 7.79. The number of methoxy groups -OCH3 is 1. The van der Waals surface area contributed by atoms with E-state index in [1.165, 1.54) is 24.1 Å². The molecule has 0 radical (unpaired) electrons. The van der Waals surface area contributed by atoms with Gasteiger partial charge in [-0.05, 0) is 98.3 Å². The van der Waals surface area contributed by atoms with E-state index < -0.39 is 6.61 Å². The number of aromatic nitrogens is 1. The molecule has 1 aliphatic carbocycles. The van der Waals surface area contributed by atoms with Crippen LogP contribution in [0.4, 0.5) is 14.5 Å². The van der Waals surface area contributed by atoms with E-state index >= 15 is 0 Å². The van der Waals surface area contributed by atoms with Crippen molar-refractivity contribution in [3.05, 3.63) is 64.5 Å². The molecule has 0 saturated carbocycles. The minimum atomic E-state index is -2.94. The number of benzene rings is 2. The molecule has 3 aromatic rings. The van der Waals surface area contributed by atoms with Crippen LogP contribution in [0.25, 0.3) is 11.1 Å². The standard InChI is InChI=1S/C32H39F2N3O3/c1-20-13-22(21-7-8-28(38-6)29(15-21)40-31(33)34)14-23-18-37(11-12-39-30(20)23)27-16-24(19-36(4)5)35-26-9-10-32(2,3)17-25(26)27/h7-8,13-16,31H,9-12,17-19H2,1-6H3. The fourth-order valence-electron chi connectivity index (χ4n) is 5.91. The number of rotatable bonds is 7. The molecule has 2 aromatic carbocycles. The van der Waals surface area contributed by atoms with Crippen LogP contribution in [0.5, 0.6) is 17.2 Å². The molecular weight excluding hydrogens is 512 g/mol. The lowest BCUT2D eigenvalue weighted by molar-refractivity contribution is -0.0511. The number of aryl methyl sites for hydroxylation is 2. The van der Waals surface area contributed by atoms with Crippen LogP contribution in [0.15, 0.2) is 36.4 Å². The van der Waals surface area contributed by atoms with Crippen LogP contribution in [0.2, 0.25) is 0 Å². The number of halogens is 2. The Morgan fingerprint density at radius 3 is 2.62 bits per heavy atom. The summed E-state index contributed by atoms with van der Waals surface area (Å²) >= 11 is 0. The minimum absolute atomic E-state index is 0.0138. The van der Waals surface area contributed by atoms with E-state index in [-0.39, 0.29) is 16.9 Å². The third-order valence-electron chi connectivity index (χ3n) is 7.79. The Kier molecular flexibility index (Phi) is 7.91. The molecule has 0 fully saturated rings. The largest absolute Gasteiger partial charge is 0.493 e. The maximum atomic E-state index is 13.1. The first-order valence-corrected chi connectivity index (χ1v) is 13.8. The number of nitrogens with zero attached hydrogens (tertiary/aromatic N) is 3. The highest BCUT2D eigenvalue weighted by molar-refractivity contribution is 5.71. The molecule has 0 atom stereocenters. The van der Waals surface area contributed by atoms with Crippen molar-refractivity contribution in [2.45, 2.75) is 59.7 Å². The maximum absolute atomic E-state index is 13.1. The molecule has 0 bridgehead atoms. The van der Waals surface area contributed by atoms with Crippen molar-refractivity contribution < 1.29 is 23.0 Å². The summed E-state index contributed by atoms with van der Waals surface area (Å²) in [5.41, 5.74) is 8.87. The van der Waals surface area contributed by atoms with Crippen molar-refractivity contribution in [1.29, 1.82) is 0 Å². The summed E-state index contributed by atoms with van der Waals surface area (Å²) in [7, 11) is 5.58. The Hall–Kier alpha value is -3.39. The van der Waals surface area contributed by atoms with Gasteiger partial charge in [-0.1, -0.05) is 19.9 Å². The van der Waals surface area contributed by atoms with Gasteiger partial charge in [-0.25, -0.2) is 0 Å². The predicted octanol–water partition coefficient (Wildman–Crippen LogP) is 6.64. The molecule has 6 nitrogen and oxygen atoms in total. The fourth-order valence-corrected chi connectivity index (χ4v) is 5.91. The van der Waals surface area contributed by atoms with Gasteiger partial charge in [-0.15, -0.1) is 0 Å². The van der Waals surface area contributed by atoms with Gasteiger partial charge in [-0.2, -0.15) is 8.78 Å². The number of alkyl halides is 2. The number of anilines is 1. The lowest BCUT2D eigenvalue weighted by Gasteiger charge is -2.35. The van der Waals surface area contributed by atoms with E-state index in [9.17, 15) is 8.78 Å². The molecule has 2 aliphatic rings. The lowest BCUT2D eigenvalue weighted by atomic mass is 9.75. The van der Waals surface area contributed by atoms with E-state index in [0.717, 1.165) is 66.0 Å². The van der Waals surface area contributed by atoms with Gasteiger partial charge >= 0.3 is 6.61 Å². The van der Waals surface area contributed by atoms with Crippen LogP contribution >= 0.6 is 0 Å². The lowest BCUT2D eigenvalue weighted by Crippen LogP contribution is -2.31. The summed E-state index contributed by atoms with van der Waals surface area (Å²) in [6.45, 7) is 6.57. The van der Waals surface area contributed by atoms with Crippen molar-refractivity contribution in [3.63, 3.8) is 0 Å². The van der Waals surface area contributed by atoms with Crippen molar-refractivity contribution >= 4 is 5.69 Å². The third kappa shape index (κ3) is 6.02. The van der Waals surface area contributed by atoms with Crippen LogP contribution in [-0.4, -0.2) is 50.9 Å². The molecule has 0 saturated heterocycles. The summed E-state index contributed by atoms with van der Waals surface area (Å²) in [5, 5.41) is 0. The average molecular weight is 552 g/mol. The zero-order chi connectivity index (χ0) is 28.6. The van der Waals surface area contributed by atoms with Gasteiger partial charge < -0.3 is 24.0 Å². The van der Waals surface area contributed by atoms with E-state index in [1.54, 1.807) is 12.1 Å². The van der Waals surface area contributed by atoms with E-state index in [0.29, 0.717) is 13.2 Å². The number of pyridine rings is 1. The highest BCUT2D eigenvalue weighted by Crippen LogP contribution is 2.42. The van der Waals surface area contributed by atoms with Crippen molar-refractivity contribution in [2.24, 2.45) is 5.41 Å². The molecule has 0 spiro atoms. The minimum Gasteiger partial charge on any atom is -0.493 e. The van der Waals surface area contributed by atoms with E-state index in [4.69, 9.17) is 19.2 Å². The van der Waals surface area contributed by atoms with Gasteiger partial charge in [0.25, 0.3) is 0 Å². The smallest absolute Gasteiger partial charge is 0.387 e. The molecule has 1 aliphatic heterocycles. The highest BCUT2D eigenvalue weighted by Gasteiger charge is 2.31. The fraction of sp³-hybridized carbons (Fsp3) is 0.469. The molecular formula is C32H39F2N3O3. The predicted molar refractivity (Wildman–Crippen MR) is 154 cm³/mol. The maximum Gasteiger partial charge on any atom is 0.387 e. The molecule has 214 valence electrons. The second-order valence-corrected chi connectivity index (χ2v) is 11.9. The number of ether oxygens (including phenoxy) is 3. The molecule has 0 unspecified atom stereocenters. The monoisotopic (exact) mass is 551 g/mol. The Morgan fingerprint density at radius 1 is 1.10 bits per heavy atom. The second kappa shape index (κ2) is 11.2. The average Bonchev–Trinajstić information content (AvgIpc) is 3.10. The Balaban J connectivity index is 1.55. The topological polar surface area (TPSA) is 47.1 Å². The summed E-state index contributed by atoms with van der Waals surface area (Å²) in [6.07, 6.45) is 3.11. The first kappa shape index (κ1) is 28.1. The SMILES string of the molecule is COc1ccc(-c2cc(C)c3c(c2)CN(c2cc(CN(C)C)nc4c2CC(C)(C)CC4)CCO3)cc1OC(F)F. The Bertz CT molecular complexity index is 1390.